The number of ether oxygens (including phenoxy) is 1. The second-order valence-electron chi connectivity index (χ2n) is 5.10. The van der Waals surface area contributed by atoms with Crippen LogP contribution in [0.5, 0.6) is 0 Å². The van der Waals surface area contributed by atoms with Gasteiger partial charge in [0.1, 0.15) is 24.5 Å². The Morgan fingerprint density at radius 1 is 1.48 bits per heavy atom. The van der Waals surface area contributed by atoms with Gasteiger partial charge in [0.15, 0.2) is 0 Å². The average molecular weight is 316 g/mol. The van der Waals surface area contributed by atoms with Crippen LogP contribution in [-0.2, 0) is 4.74 Å². The Kier molecular flexibility index (Phi) is 9.40. The predicted octanol–water partition coefficient (Wildman–Crippen LogP) is 2.73. The van der Waals surface area contributed by atoms with E-state index in [1.807, 2.05) is 31.2 Å². The van der Waals surface area contributed by atoms with Gasteiger partial charge in [-0.3, -0.25) is 4.99 Å². The summed E-state index contributed by atoms with van der Waals surface area (Å²) >= 11 is 0. The van der Waals surface area contributed by atoms with Crippen LogP contribution in [0.25, 0.3) is 0 Å². The smallest absolute Gasteiger partial charge is 0.116 e. The molecule has 0 atom stereocenters. The molecule has 0 aromatic heterocycles. The molecule has 0 amide bonds. The molecule has 1 heterocycles. The van der Waals surface area contributed by atoms with Crippen molar-refractivity contribution in [1.29, 1.82) is 0 Å². The SMILES string of the molecule is C=CC(=C/C)/C1=C/C(OCCNCCC)=C\CC(N)=NC=NC1. The summed E-state index contributed by atoms with van der Waals surface area (Å²) in [7, 11) is 0. The standard InChI is InChI=1S/C18H28N4O/c1-4-9-20-10-11-23-17-7-8-18(19)22-14-21-13-16(12-17)15(5-2)6-3/h5-7,12,14,20H,2,4,8-11,13H2,1,3H3,(H2,19,21,22)/b15-6-,16-12+,17-7+. The molecule has 0 unspecified atom stereocenters. The quantitative estimate of drug-likeness (QED) is 0.534. The molecule has 0 aliphatic carbocycles. The van der Waals surface area contributed by atoms with Crippen molar-refractivity contribution in [1.82, 2.24) is 5.32 Å². The second kappa shape index (κ2) is 11.4. The van der Waals surface area contributed by atoms with Gasteiger partial charge in [-0.2, -0.15) is 0 Å². The molecule has 0 bridgehead atoms. The number of aliphatic imine (C=N–C) groups is 2. The Balaban J connectivity index is 2.87. The van der Waals surface area contributed by atoms with Gasteiger partial charge in [0.05, 0.1) is 6.54 Å². The van der Waals surface area contributed by atoms with Crippen molar-refractivity contribution in [3.05, 3.63) is 47.8 Å². The van der Waals surface area contributed by atoms with Gasteiger partial charge in [0, 0.05) is 13.0 Å². The lowest BCUT2D eigenvalue weighted by molar-refractivity contribution is 0.223. The predicted molar refractivity (Wildman–Crippen MR) is 98.8 cm³/mol. The summed E-state index contributed by atoms with van der Waals surface area (Å²) in [4.78, 5) is 8.40. The van der Waals surface area contributed by atoms with Crippen LogP contribution in [0.2, 0.25) is 0 Å². The number of rotatable bonds is 8. The molecule has 0 saturated carbocycles. The highest BCUT2D eigenvalue weighted by atomic mass is 16.5. The van der Waals surface area contributed by atoms with E-state index >= 15 is 0 Å². The normalized spacial score (nSPS) is 20.8. The third-order valence-corrected chi connectivity index (χ3v) is 3.27. The highest BCUT2D eigenvalue weighted by molar-refractivity contribution is 5.88. The van der Waals surface area contributed by atoms with E-state index in [0.717, 1.165) is 36.4 Å². The maximum atomic E-state index is 5.88. The van der Waals surface area contributed by atoms with E-state index in [1.165, 1.54) is 6.34 Å². The molecule has 5 heteroatoms. The van der Waals surface area contributed by atoms with Gasteiger partial charge >= 0.3 is 0 Å². The third-order valence-electron chi connectivity index (χ3n) is 3.27. The molecular weight excluding hydrogens is 288 g/mol. The number of nitrogens with one attached hydrogen (secondary N) is 1. The minimum absolute atomic E-state index is 0.511. The average Bonchev–Trinajstić information content (AvgIpc) is 2.56. The zero-order chi connectivity index (χ0) is 16.9. The summed E-state index contributed by atoms with van der Waals surface area (Å²) in [5.74, 6) is 1.31. The summed E-state index contributed by atoms with van der Waals surface area (Å²) < 4.78 is 5.88. The summed E-state index contributed by atoms with van der Waals surface area (Å²) in [5.41, 5.74) is 7.91. The zero-order valence-corrected chi connectivity index (χ0v) is 14.2. The lowest BCUT2D eigenvalue weighted by atomic mass is 10.0. The van der Waals surface area contributed by atoms with Crippen LogP contribution in [0.3, 0.4) is 0 Å². The van der Waals surface area contributed by atoms with E-state index in [4.69, 9.17) is 10.5 Å². The fraction of sp³-hybridized carbons (Fsp3) is 0.444. The molecule has 0 spiro atoms. The first-order valence-electron chi connectivity index (χ1n) is 8.05. The Morgan fingerprint density at radius 3 is 3.00 bits per heavy atom. The van der Waals surface area contributed by atoms with Crippen molar-refractivity contribution < 1.29 is 4.74 Å². The molecule has 0 aromatic rings. The van der Waals surface area contributed by atoms with E-state index in [2.05, 4.69) is 28.8 Å². The molecule has 3 N–H and O–H groups in total. The number of allylic oxidation sites excluding steroid dienone is 3. The number of nitrogens with two attached hydrogens (primary N) is 1. The number of hydrogen-bond donors (Lipinski definition) is 2. The van der Waals surface area contributed by atoms with Gasteiger partial charge in [-0.25, -0.2) is 4.99 Å². The molecule has 23 heavy (non-hydrogen) atoms. The molecule has 0 saturated heterocycles. The first kappa shape index (κ1) is 18.9. The molecule has 126 valence electrons. The van der Waals surface area contributed by atoms with Crippen LogP contribution in [-0.4, -0.2) is 38.4 Å². The second-order valence-corrected chi connectivity index (χ2v) is 5.10. The number of hydrogen-bond acceptors (Lipinski definition) is 5. The number of amidine groups is 1. The van der Waals surface area contributed by atoms with Crippen molar-refractivity contribution in [3.8, 4) is 0 Å². The first-order valence-corrected chi connectivity index (χ1v) is 8.05. The highest BCUT2D eigenvalue weighted by Gasteiger charge is 2.05. The summed E-state index contributed by atoms with van der Waals surface area (Å²) in [6.07, 6.45) is 11.0. The fourth-order valence-corrected chi connectivity index (χ4v) is 2.04. The topological polar surface area (TPSA) is 72.0 Å². The zero-order valence-electron chi connectivity index (χ0n) is 14.2. The Morgan fingerprint density at radius 2 is 2.30 bits per heavy atom. The molecule has 0 aromatic carbocycles. The minimum atomic E-state index is 0.511. The molecule has 0 radical (unpaired) electrons. The minimum Gasteiger partial charge on any atom is -0.493 e. The van der Waals surface area contributed by atoms with Crippen LogP contribution >= 0.6 is 0 Å². The van der Waals surface area contributed by atoms with E-state index in [1.54, 1.807) is 0 Å². The van der Waals surface area contributed by atoms with E-state index in [0.29, 0.717) is 25.4 Å². The van der Waals surface area contributed by atoms with Gasteiger partial charge in [0.2, 0.25) is 0 Å². The van der Waals surface area contributed by atoms with Gasteiger partial charge in [-0.05, 0) is 43.2 Å². The van der Waals surface area contributed by atoms with Gasteiger partial charge in [-0.15, -0.1) is 0 Å². The van der Waals surface area contributed by atoms with Crippen molar-refractivity contribution in [2.75, 3.05) is 26.2 Å². The van der Waals surface area contributed by atoms with Crippen LogP contribution in [0.4, 0.5) is 0 Å². The highest BCUT2D eigenvalue weighted by Crippen LogP contribution is 2.16. The van der Waals surface area contributed by atoms with Crippen LogP contribution < -0.4 is 11.1 Å². The largest absolute Gasteiger partial charge is 0.493 e. The molecular formula is C18H28N4O. The molecule has 1 rings (SSSR count). The van der Waals surface area contributed by atoms with Crippen molar-refractivity contribution in [2.45, 2.75) is 26.7 Å². The Hall–Kier alpha value is -2.14. The van der Waals surface area contributed by atoms with Crippen molar-refractivity contribution in [3.63, 3.8) is 0 Å². The summed E-state index contributed by atoms with van der Waals surface area (Å²) in [6.45, 7) is 10.9. The summed E-state index contributed by atoms with van der Waals surface area (Å²) in [5, 5.41) is 3.32. The molecule has 1 aliphatic rings. The van der Waals surface area contributed by atoms with E-state index in [-0.39, 0.29) is 0 Å². The van der Waals surface area contributed by atoms with Gasteiger partial charge < -0.3 is 15.8 Å². The maximum absolute atomic E-state index is 5.88. The fourth-order valence-electron chi connectivity index (χ4n) is 2.04. The molecule has 5 nitrogen and oxygen atoms in total. The Labute approximate surface area is 139 Å². The van der Waals surface area contributed by atoms with E-state index in [9.17, 15) is 0 Å². The first-order chi connectivity index (χ1) is 11.2. The number of nitrogens with zero attached hydrogens (tertiary/aromatic N) is 2. The van der Waals surface area contributed by atoms with Crippen LogP contribution in [0.1, 0.15) is 26.7 Å². The van der Waals surface area contributed by atoms with Gasteiger partial charge in [-0.1, -0.05) is 25.7 Å². The maximum Gasteiger partial charge on any atom is 0.116 e. The summed E-state index contributed by atoms with van der Waals surface area (Å²) in [6, 6.07) is 0. The van der Waals surface area contributed by atoms with Crippen molar-refractivity contribution in [2.24, 2.45) is 15.7 Å². The lowest BCUT2D eigenvalue weighted by Gasteiger charge is -2.12. The third kappa shape index (κ3) is 7.61. The van der Waals surface area contributed by atoms with Crippen molar-refractivity contribution >= 4 is 12.2 Å². The van der Waals surface area contributed by atoms with Crippen LogP contribution in [0.15, 0.2) is 57.8 Å². The lowest BCUT2D eigenvalue weighted by Crippen LogP contribution is -2.20. The monoisotopic (exact) mass is 316 g/mol. The Bertz CT molecular complexity index is 527. The van der Waals surface area contributed by atoms with E-state index < -0.39 is 0 Å². The van der Waals surface area contributed by atoms with Crippen LogP contribution in [0, 0.1) is 0 Å². The molecule has 0 fully saturated rings. The van der Waals surface area contributed by atoms with Gasteiger partial charge in [0.25, 0.3) is 0 Å². The molecule has 1 aliphatic heterocycles.